The number of carbonyl (C=O) groups excluding carboxylic acids is 1. The van der Waals surface area contributed by atoms with Crippen LogP contribution < -0.4 is 0 Å². The normalized spacial score (nSPS) is 54.8. The van der Waals surface area contributed by atoms with Gasteiger partial charge in [-0.05, 0) is 111 Å². The number of esters is 1. The Morgan fingerprint density at radius 2 is 1.00 bits per heavy atom. The third-order valence-electron chi connectivity index (χ3n) is 24.5. The molecule has 95 heavy (non-hydrogen) atoms. The number of allylic oxidation sites excluding steroid dienone is 2. The summed E-state index contributed by atoms with van der Waals surface area (Å²) in [5, 5.41) is 197. The van der Waals surface area contributed by atoms with E-state index in [2.05, 4.69) is 33.8 Å². The summed E-state index contributed by atoms with van der Waals surface area (Å²) in [4.78, 5) is 29.7. The van der Waals surface area contributed by atoms with Crippen LogP contribution in [0, 0.1) is 50.2 Å². The van der Waals surface area contributed by atoms with Gasteiger partial charge in [-0.3, -0.25) is 9.59 Å². The van der Waals surface area contributed by atoms with Crippen molar-refractivity contribution < 1.29 is 158 Å². The number of aliphatic hydroxyl groups excluding tert-OH is 17. The molecule has 10 fully saturated rings. The first-order valence-electron chi connectivity index (χ1n) is 33.2. The van der Waals surface area contributed by atoms with Crippen molar-refractivity contribution in [2.75, 3.05) is 33.0 Å². The van der Waals surface area contributed by atoms with Crippen molar-refractivity contribution >= 4 is 11.9 Å². The molecule has 37 unspecified atom stereocenters. The van der Waals surface area contributed by atoms with E-state index in [0.29, 0.717) is 51.4 Å². The average molecular weight is 1370 g/mol. The second-order valence-electron chi connectivity index (χ2n) is 30.5. The van der Waals surface area contributed by atoms with Crippen LogP contribution in [0.3, 0.4) is 0 Å². The van der Waals surface area contributed by atoms with Crippen LogP contribution in [0.2, 0.25) is 0 Å². The van der Waals surface area contributed by atoms with Gasteiger partial charge in [-0.25, -0.2) is 0 Å². The van der Waals surface area contributed by atoms with Gasteiger partial charge < -0.3 is 149 Å². The lowest BCUT2D eigenvalue weighted by Crippen LogP contribution is -2.70. The quantitative estimate of drug-likeness (QED) is 0.0413. The van der Waals surface area contributed by atoms with Crippen molar-refractivity contribution in [2.24, 2.45) is 50.2 Å². The Labute approximate surface area is 548 Å². The first-order valence-corrected chi connectivity index (χ1v) is 33.2. The molecule has 6 heterocycles. The summed E-state index contributed by atoms with van der Waals surface area (Å²) in [5.74, 6) is -3.42. The second-order valence-corrected chi connectivity index (χ2v) is 30.5. The van der Waals surface area contributed by atoms with Crippen molar-refractivity contribution in [1.29, 1.82) is 0 Å². The maximum absolute atomic E-state index is 15.6. The highest BCUT2D eigenvalue weighted by atomic mass is 16.8. The Balaban J connectivity index is 0.834. The van der Waals surface area contributed by atoms with Gasteiger partial charge in [-0.15, -0.1) is 0 Å². The molecule has 544 valence electrons. The largest absolute Gasteiger partial charge is 0.481 e. The van der Waals surface area contributed by atoms with E-state index in [4.69, 9.17) is 56.8 Å². The highest BCUT2D eigenvalue weighted by molar-refractivity contribution is 5.79. The minimum Gasteiger partial charge on any atom is -0.481 e. The van der Waals surface area contributed by atoms with Gasteiger partial charge in [0.2, 0.25) is 6.29 Å². The molecule has 5 aliphatic carbocycles. The Hall–Kier alpha value is -2.44. The molecule has 0 aromatic heterocycles. The second kappa shape index (κ2) is 27.4. The lowest BCUT2D eigenvalue weighted by molar-refractivity contribution is -0.388. The lowest BCUT2D eigenvalue weighted by atomic mass is 9.33. The zero-order valence-electron chi connectivity index (χ0n) is 54.2. The third kappa shape index (κ3) is 12.5. The molecule has 6 aliphatic heterocycles. The topological polar surface area (TPSA) is 509 Å². The van der Waals surface area contributed by atoms with Gasteiger partial charge in [0, 0.05) is 0 Å². The summed E-state index contributed by atoms with van der Waals surface area (Å²) >= 11 is 0. The molecule has 32 heteroatoms. The third-order valence-corrected chi connectivity index (χ3v) is 24.5. The molecule has 0 bridgehead atoms. The summed E-state index contributed by atoms with van der Waals surface area (Å²) in [6.07, 6.45) is -44.3. The van der Waals surface area contributed by atoms with E-state index in [-0.39, 0.29) is 17.8 Å². The van der Waals surface area contributed by atoms with Crippen LogP contribution >= 0.6 is 0 Å². The Bertz CT molecular complexity index is 2730. The minimum absolute atomic E-state index is 0.00962. The molecule has 0 aromatic carbocycles. The molecule has 32 nitrogen and oxygen atoms in total. The monoisotopic (exact) mass is 1370 g/mol. The number of rotatable bonds is 15. The number of hydrogen-bond acceptors (Lipinski definition) is 31. The summed E-state index contributed by atoms with van der Waals surface area (Å²) in [5.41, 5.74) is -4.53. The summed E-state index contributed by atoms with van der Waals surface area (Å²) in [6, 6.07) is 0. The van der Waals surface area contributed by atoms with Crippen LogP contribution in [0.4, 0.5) is 0 Å². The van der Waals surface area contributed by atoms with E-state index in [1.54, 1.807) is 0 Å². The van der Waals surface area contributed by atoms with Crippen molar-refractivity contribution in [1.82, 2.24) is 0 Å². The van der Waals surface area contributed by atoms with E-state index in [9.17, 15) is 96.7 Å². The van der Waals surface area contributed by atoms with Crippen LogP contribution in [0.5, 0.6) is 0 Å². The number of ether oxygens (including phenoxy) is 12. The molecule has 11 aliphatic rings. The zero-order chi connectivity index (χ0) is 69.3. The smallest absolute Gasteiger partial charge is 0.315 e. The first-order chi connectivity index (χ1) is 44.5. The molecule has 6 saturated heterocycles. The van der Waals surface area contributed by atoms with Crippen molar-refractivity contribution in [3.05, 3.63) is 11.6 Å². The van der Waals surface area contributed by atoms with Crippen molar-refractivity contribution in [2.45, 2.75) is 284 Å². The van der Waals surface area contributed by atoms with E-state index in [1.807, 2.05) is 6.92 Å². The van der Waals surface area contributed by atoms with Gasteiger partial charge in [-0.2, -0.15) is 0 Å². The number of carboxylic acids is 1. The fourth-order valence-electron chi connectivity index (χ4n) is 18.7. The summed E-state index contributed by atoms with van der Waals surface area (Å²) in [7, 11) is 0. The van der Waals surface area contributed by atoms with Gasteiger partial charge in [0.25, 0.3) is 0 Å². The number of carbonyl (C=O) groups is 2. The lowest BCUT2D eigenvalue weighted by Gasteiger charge is -2.71. The van der Waals surface area contributed by atoms with Crippen LogP contribution in [0.1, 0.15) is 106 Å². The zero-order valence-corrected chi connectivity index (χ0v) is 54.2. The first kappa shape index (κ1) is 73.8. The predicted molar refractivity (Wildman–Crippen MR) is 312 cm³/mol. The number of hydrogen-bond donors (Lipinski definition) is 18. The van der Waals surface area contributed by atoms with E-state index in [0.717, 1.165) is 5.57 Å². The number of fused-ring (bicyclic) bond motifs is 7. The van der Waals surface area contributed by atoms with Crippen molar-refractivity contribution in [3.63, 3.8) is 0 Å². The van der Waals surface area contributed by atoms with E-state index >= 15 is 4.79 Å². The van der Waals surface area contributed by atoms with Crippen LogP contribution in [-0.4, -0.2) is 315 Å². The molecule has 0 spiro atoms. The maximum Gasteiger partial charge on any atom is 0.315 e. The standard InChI is InChI=1S/C63H100O32/c1-23-45(90-50-40(76)34(70)27(67)20-84-50)47(92-51-41(77)35(71)28(68)21-85-51)44(80)53(87-23)93-48-36(72)29(69)22-86-55(48)95-57(83)63-14-12-58(2,3)16-25(63)24-8-9-32-59(4)17-26(66)49(62(7,56(81)82)33(59)10-11-61(32,6)60(24,5)13-15-63)94-54-43(79)46(38(74)31(19-65)89-54)91-52-42(78)39(75)37(73)30(18-64)88-52/h8,23,25-55,64-80H,9-22H2,1-7H3,(H,81,82). The predicted octanol–water partition coefficient (Wildman–Crippen LogP) is -5.41. The highest BCUT2D eigenvalue weighted by Crippen LogP contribution is 2.76. The van der Waals surface area contributed by atoms with Gasteiger partial charge in [0.1, 0.15) is 122 Å². The number of aliphatic hydroxyl groups is 17. The molecule has 0 amide bonds. The van der Waals surface area contributed by atoms with Crippen molar-refractivity contribution in [3.8, 4) is 0 Å². The van der Waals surface area contributed by atoms with E-state index in [1.165, 1.54) is 13.8 Å². The minimum atomic E-state index is -2.01. The summed E-state index contributed by atoms with van der Waals surface area (Å²) in [6.45, 7) is 10.3. The molecule has 4 saturated carbocycles. The maximum atomic E-state index is 15.6. The van der Waals surface area contributed by atoms with Gasteiger partial charge in [-0.1, -0.05) is 46.3 Å². The Kier molecular flexibility index (Phi) is 21.3. The Morgan fingerprint density at radius 3 is 1.60 bits per heavy atom. The molecule has 18 N–H and O–H groups in total. The van der Waals surface area contributed by atoms with Crippen LogP contribution in [-0.2, 0) is 66.4 Å². The van der Waals surface area contributed by atoms with Gasteiger partial charge in [0.05, 0.1) is 56.1 Å². The van der Waals surface area contributed by atoms with Crippen LogP contribution in [0.15, 0.2) is 11.6 Å². The average Bonchev–Trinajstić information content (AvgIpc) is 0.673. The molecule has 0 radical (unpaired) electrons. The highest BCUT2D eigenvalue weighted by Gasteiger charge is 2.73. The molecular weight excluding hydrogens is 1270 g/mol. The molecule has 11 rings (SSSR count). The SMILES string of the molecule is CC1OC(OC2C(OC(=O)C34CCC(C)(C)CC3C3=CCC5C6(C)CC(O)C(OC7OC(CO)C(O)C(OC8OC(CO)C(O)C(O)C8O)C7O)C(C)(C(=O)O)C6CCC5(C)C3(C)CC4)OCC(O)C2O)C(O)C(OC2OCC(O)C(O)C2O)C1OC1OCC(O)C(O)C1O. The molecule has 37 atom stereocenters. The van der Waals surface area contributed by atoms with Gasteiger partial charge >= 0.3 is 11.9 Å². The van der Waals surface area contributed by atoms with Gasteiger partial charge in [0.15, 0.2) is 37.6 Å². The number of carboxylic acid groups (broad SMARTS) is 1. The molecular formula is C63H100O32. The Morgan fingerprint density at radius 1 is 0.495 bits per heavy atom. The molecule has 0 aromatic rings. The van der Waals surface area contributed by atoms with E-state index < -0.39 is 262 Å². The number of aliphatic carboxylic acids is 1. The van der Waals surface area contributed by atoms with Crippen LogP contribution in [0.25, 0.3) is 0 Å². The fraction of sp³-hybridized carbons (Fsp3) is 0.937. The summed E-state index contributed by atoms with van der Waals surface area (Å²) < 4.78 is 71.4. The fourth-order valence-corrected chi connectivity index (χ4v) is 18.7.